The molecule has 4 aromatic carbocycles. The van der Waals surface area contributed by atoms with Gasteiger partial charge in [0, 0.05) is 21.8 Å². The Labute approximate surface area is 337 Å². The van der Waals surface area contributed by atoms with Crippen LogP contribution in [0.3, 0.4) is 0 Å². The Bertz CT molecular complexity index is 2120. The molecule has 0 fully saturated rings. The number of aromatic nitrogens is 2. The van der Waals surface area contributed by atoms with Crippen LogP contribution in [0.4, 0.5) is 0 Å². The average molecular weight is 785 g/mol. The van der Waals surface area contributed by atoms with Gasteiger partial charge < -0.3 is 31.6 Å². The van der Waals surface area contributed by atoms with Crippen molar-refractivity contribution in [1.82, 2.24) is 19.8 Å². The van der Waals surface area contributed by atoms with Crippen molar-refractivity contribution >= 4 is 45.4 Å². The van der Waals surface area contributed by atoms with Gasteiger partial charge in [0.25, 0.3) is 11.8 Å². The zero-order valence-electron chi connectivity index (χ0n) is 33.2. The second-order valence-electron chi connectivity index (χ2n) is 15.6. The number of nitrogens with two attached hydrogens (primary N) is 2. The van der Waals surface area contributed by atoms with Crippen molar-refractivity contribution in [3.63, 3.8) is 0 Å². The summed E-state index contributed by atoms with van der Waals surface area (Å²) in [5.41, 5.74) is 15.7. The molecule has 0 aliphatic rings. The lowest BCUT2D eigenvalue weighted by atomic mass is 9.88. The number of aromatic amines is 2. The zero-order chi connectivity index (χ0) is 41.7. The van der Waals surface area contributed by atoms with Crippen molar-refractivity contribution in [2.45, 2.75) is 76.9 Å². The second-order valence-corrected chi connectivity index (χ2v) is 15.6. The molecule has 0 aliphatic heterocycles. The lowest BCUT2D eigenvalue weighted by Crippen LogP contribution is -2.64. The summed E-state index contributed by atoms with van der Waals surface area (Å²) >= 11 is 0. The minimum atomic E-state index is -1.92. The topological polar surface area (TPSA) is 199 Å². The van der Waals surface area contributed by atoms with Gasteiger partial charge >= 0.3 is 0 Å². The van der Waals surface area contributed by atoms with E-state index in [0.29, 0.717) is 22.2 Å². The summed E-state index contributed by atoms with van der Waals surface area (Å²) in [5, 5.41) is 26.8. The number of aliphatic hydroxyl groups is 2. The van der Waals surface area contributed by atoms with Crippen molar-refractivity contribution in [3.8, 4) is 0 Å². The lowest BCUT2D eigenvalue weighted by molar-refractivity contribution is -0.143. The Morgan fingerprint density at radius 1 is 0.534 bits per heavy atom. The van der Waals surface area contributed by atoms with Crippen LogP contribution in [0, 0.1) is 11.8 Å². The SMILES string of the molecule is CC(C)[C@H](N)C(=O)N(C(=O)c1cc2ccccc2[nH]1)[C@@H](Cc1ccccc1)[C@H](O)[C@@H](O)[C@H](Cc1ccccc1)N(C(=O)c1cc2ccccc2[nH]1)C(=O)[C@@H](N)C(C)C. The Morgan fingerprint density at radius 3 is 1.19 bits per heavy atom. The molecular formula is C46H52N6O6. The Kier molecular flexibility index (Phi) is 13.0. The highest BCUT2D eigenvalue weighted by Crippen LogP contribution is 2.28. The molecule has 0 unspecified atom stereocenters. The summed E-state index contributed by atoms with van der Waals surface area (Å²) in [6.07, 6.45) is -4.05. The molecule has 0 spiro atoms. The predicted molar refractivity (Wildman–Crippen MR) is 224 cm³/mol. The van der Waals surface area contributed by atoms with Gasteiger partial charge in [-0.2, -0.15) is 0 Å². The predicted octanol–water partition coefficient (Wildman–Crippen LogP) is 5.20. The number of amides is 4. The van der Waals surface area contributed by atoms with E-state index in [1.165, 1.54) is 0 Å². The molecule has 8 N–H and O–H groups in total. The minimum Gasteiger partial charge on any atom is -0.388 e. The average Bonchev–Trinajstić information content (AvgIpc) is 3.88. The van der Waals surface area contributed by atoms with E-state index in [1.807, 2.05) is 48.5 Å². The van der Waals surface area contributed by atoms with E-state index >= 15 is 0 Å². The summed E-state index contributed by atoms with van der Waals surface area (Å²) in [5.74, 6) is -3.89. The van der Waals surface area contributed by atoms with Gasteiger partial charge in [0.2, 0.25) is 11.8 Å². The Morgan fingerprint density at radius 2 is 0.862 bits per heavy atom. The molecule has 0 radical (unpaired) electrons. The van der Waals surface area contributed by atoms with Gasteiger partial charge in [0.1, 0.15) is 23.6 Å². The first-order valence-electron chi connectivity index (χ1n) is 19.6. The van der Waals surface area contributed by atoms with Crippen LogP contribution in [-0.4, -0.2) is 90.0 Å². The number of hydrogen-bond acceptors (Lipinski definition) is 8. The Hall–Kier alpha value is -5.92. The van der Waals surface area contributed by atoms with Crippen LogP contribution in [0.15, 0.2) is 121 Å². The highest BCUT2D eigenvalue weighted by atomic mass is 16.3. The van der Waals surface area contributed by atoms with E-state index < -0.39 is 71.8 Å². The first-order chi connectivity index (χ1) is 27.8. The third-order valence-electron chi connectivity index (χ3n) is 10.8. The van der Waals surface area contributed by atoms with E-state index in [4.69, 9.17) is 11.5 Å². The van der Waals surface area contributed by atoms with E-state index in [1.54, 1.807) is 100 Å². The molecular weight excluding hydrogens is 733 g/mol. The third-order valence-corrected chi connectivity index (χ3v) is 10.8. The largest absolute Gasteiger partial charge is 0.388 e. The number of nitrogens with one attached hydrogen (secondary N) is 2. The van der Waals surface area contributed by atoms with Crippen molar-refractivity contribution in [1.29, 1.82) is 0 Å². The van der Waals surface area contributed by atoms with Gasteiger partial charge in [0.15, 0.2) is 0 Å². The first kappa shape index (κ1) is 41.7. The highest BCUT2D eigenvalue weighted by Gasteiger charge is 2.46. The van der Waals surface area contributed by atoms with E-state index in [9.17, 15) is 29.4 Å². The number of H-pyrrole nitrogens is 2. The number of nitrogens with zero attached hydrogens (tertiary/aromatic N) is 2. The summed E-state index contributed by atoms with van der Waals surface area (Å²) in [6.45, 7) is 6.99. The molecule has 2 heterocycles. The maximum absolute atomic E-state index is 14.8. The molecule has 58 heavy (non-hydrogen) atoms. The molecule has 2 aromatic heterocycles. The highest BCUT2D eigenvalue weighted by molar-refractivity contribution is 6.08. The summed E-state index contributed by atoms with van der Waals surface area (Å²) in [6, 6.07) is 30.4. The fourth-order valence-electron chi connectivity index (χ4n) is 7.25. The van der Waals surface area contributed by atoms with Gasteiger partial charge in [0.05, 0.1) is 24.2 Å². The number of aliphatic hydroxyl groups excluding tert-OH is 2. The fourth-order valence-corrected chi connectivity index (χ4v) is 7.25. The maximum Gasteiger partial charge on any atom is 0.277 e. The van der Waals surface area contributed by atoms with Crippen LogP contribution in [0.5, 0.6) is 0 Å². The molecule has 12 nitrogen and oxygen atoms in total. The number of hydrogen-bond donors (Lipinski definition) is 6. The fraction of sp³-hybridized carbons (Fsp3) is 0.304. The summed E-state index contributed by atoms with van der Waals surface area (Å²) in [4.78, 5) is 66.7. The normalized spacial score (nSPS) is 14.9. The van der Waals surface area contributed by atoms with Crippen molar-refractivity contribution < 1.29 is 29.4 Å². The van der Waals surface area contributed by atoms with Crippen molar-refractivity contribution in [3.05, 3.63) is 144 Å². The van der Waals surface area contributed by atoms with Gasteiger partial charge in [-0.3, -0.25) is 29.0 Å². The zero-order valence-corrected chi connectivity index (χ0v) is 33.2. The lowest BCUT2D eigenvalue weighted by Gasteiger charge is -2.41. The summed E-state index contributed by atoms with van der Waals surface area (Å²) in [7, 11) is 0. The van der Waals surface area contributed by atoms with Gasteiger partial charge in [-0.15, -0.1) is 0 Å². The molecule has 0 saturated carbocycles. The second kappa shape index (κ2) is 18.1. The smallest absolute Gasteiger partial charge is 0.277 e. The van der Waals surface area contributed by atoms with Gasteiger partial charge in [-0.05, 0) is 60.1 Å². The standard InChI is InChI=1S/C46H52N6O6/c1-27(2)39(47)45(57)51(43(55)35-25-31-19-11-13-21-33(31)49-35)37(23-29-15-7-5-8-16-29)41(53)42(54)38(24-30-17-9-6-10-18-30)52(46(58)40(48)28(3)4)44(56)36-26-32-20-12-14-22-34(32)50-36/h5-22,25-28,37-42,49-50,53-54H,23-24,47-48H2,1-4H3/t37-,38-,39-,40-,41-,42-/m0/s1. The van der Waals surface area contributed by atoms with Crippen LogP contribution >= 0.6 is 0 Å². The van der Waals surface area contributed by atoms with Crippen LogP contribution in [0.1, 0.15) is 59.8 Å². The molecule has 6 rings (SSSR count). The molecule has 12 heteroatoms. The summed E-state index contributed by atoms with van der Waals surface area (Å²) < 4.78 is 0. The Balaban J connectivity index is 1.51. The first-order valence-corrected chi connectivity index (χ1v) is 19.6. The number of imide groups is 2. The quantitative estimate of drug-likeness (QED) is 0.0817. The number of carbonyl (C=O) groups is 4. The van der Waals surface area contributed by atoms with Crippen LogP contribution in [-0.2, 0) is 22.4 Å². The molecule has 4 amide bonds. The molecule has 6 atom stereocenters. The monoisotopic (exact) mass is 784 g/mol. The number of benzene rings is 4. The van der Waals surface area contributed by atoms with Gasteiger partial charge in [-0.25, -0.2) is 0 Å². The van der Waals surface area contributed by atoms with Crippen LogP contribution in [0.25, 0.3) is 21.8 Å². The number of carbonyl (C=O) groups excluding carboxylic acids is 4. The van der Waals surface area contributed by atoms with Crippen molar-refractivity contribution in [2.24, 2.45) is 23.3 Å². The van der Waals surface area contributed by atoms with Crippen LogP contribution < -0.4 is 11.5 Å². The van der Waals surface area contributed by atoms with E-state index in [0.717, 1.165) is 20.6 Å². The van der Waals surface area contributed by atoms with Crippen LogP contribution in [0.2, 0.25) is 0 Å². The number of para-hydroxylation sites is 2. The molecule has 0 saturated heterocycles. The number of fused-ring (bicyclic) bond motifs is 2. The third kappa shape index (κ3) is 8.95. The van der Waals surface area contributed by atoms with E-state index in [-0.39, 0.29) is 24.2 Å². The molecule has 302 valence electrons. The van der Waals surface area contributed by atoms with Gasteiger partial charge in [-0.1, -0.05) is 125 Å². The molecule has 0 aliphatic carbocycles. The van der Waals surface area contributed by atoms with E-state index in [2.05, 4.69) is 9.97 Å². The van der Waals surface area contributed by atoms with Crippen molar-refractivity contribution in [2.75, 3.05) is 0 Å². The maximum atomic E-state index is 14.8. The molecule has 6 aromatic rings. The number of rotatable bonds is 15. The molecule has 0 bridgehead atoms. The minimum absolute atomic E-state index is 0.0693.